The third-order valence-electron chi connectivity index (χ3n) is 3.06. The van der Waals surface area contributed by atoms with E-state index in [1.807, 2.05) is 4.90 Å². The van der Waals surface area contributed by atoms with Crippen molar-refractivity contribution >= 4 is 17.6 Å². The van der Waals surface area contributed by atoms with Crippen LogP contribution in [0.4, 0.5) is 10.1 Å². The predicted octanol–water partition coefficient (Wildman–Crippen LogP) is 0.368. The van der Waals surface area contributed by atoms with Gasteiger partial charge in [-0.05, 0) is 18.2 Å². The van der Waals surface area contributed by atoms with E-state index in [9.17, 15) is 14.0 Å². The molecule has 1 fully saturated rings. The molecule has 1 aliphatic rings. The number of anilines is 1. The molecule has 0 radical (unpaired) electrons. The molecule has 7 heteroatoms. The Hall–Kier alpha value is -1.99. The highest BCUT2D eigenvalue weighted by molar-refractivity contribution is 5.95. The normalized spacial score (nSPS) is 15.8. The zero-order valence-electron chi connectivity index (χ0n) is 10.9. The molecule has 1 amide bonds. The van der Waals surface area contributed by atoms with E-state index < -0.39 is 11.8 Å². The van der Waals surface area contributed by atoms with Crippen molar-refractivity contribution in [3.8, 4) is 0 Å². The molecule has 3 N–H and O–H groups in total. The number of carboxylic acid groups (broad SMARTS) is 1. The Balaban J connectivity index is 1.99. The second kappa shape index (κ2) is 6.44. The second-order valence-electron chi connectivity index (χ2n) is 4.57. The van der Waals surface area contributed by atoms with Crippen LogP contribution in [0.5, 0.6) is 0 Å². The number of piperazine rings is 1. The standard InChI is InChI=1S/C13H16FN3O3/c14-10-2-1-9(13(19)20)7-11(10)16-12(18)8-17-5-3-15-4-6-17/h1-2,7,15H,3-6,8H2,(H,16,18)(H,19,20). The van der Waals surface area contributed by atoms with Gasteiger partial charge >= 0.3 is 5.97 Å². The van der Waals surface area contributed by atoms with Gasteiger partial charge in [0, 0.05) is 26.2 Å². The minimum absolute atomic E-state index is 0.0659. The molecule has 0 saturated carbocycles. The van der Waals surface area contributed by atoms with Crippen LogP contribution >= 0.6 is 0 Å². The molecule has 1 aromatic carbocycles. The van der Waals surface area contributed by atoms with E-state index in [-0.39, 0.29) is 23.7 Å². The second-order valence-corrected chi connectivity index (χ2v) is 4.57. The van der Waals surface area contributed by atoms with Crippen molar-refractivity contribution in [1.82, 2.24) is 10.2 Å². The average molecular weight is 281 g/mol. The van der Waals surface area contributed by atoms with E-state index in [1.165, 1.54) is 0 Å². The number of benzene rings is 1. The minimum atomic E-state index is -1.16. The van der Waals surface area contributed by atoms with Crippen LogP contribution in [0.15, 0.2) is 18.2 Å². The SMILES string of the molecule is O=C(CN1CCNCC1)Nc1cc(C(=O)O)ccc1F. The number of nitrogens with zero attached hydrogens (tertiary/aromatic N) is 1. The van der Waals surface area contributed by atoms with Crippen LogP contribution in [0, 0.1) is 5.82 Å². The first-order valence-electron chi connectivity index (χ1n) is 6.32. The molecule has 0 aromatic heterocycles. The van der Waals surface area contributed by atoms with E-state index in [0.717, 1.165) is 44.4 Å². The number of aromatic carboxylic acids is 1. The molecule has 1 heterocycles. The highest BCUT2D eigenvalue weighted by atomic mass is 19.1. The van der Waals surface area contributed by atoms with Crippen LogP contribution < -0.4 is 10.6 Å². The lowest BCUT2D eigenvalue weighted by Gasteiger charge is -2.26. The fraction of sp³-hybridized carbons (Fsp3) is 0.385. The van der Waals surface area contributed by atoms with Gasteiger partial charge in [-0.2, -0.15) is 0 Å². The number of carboxylic acids is 1. The van der Waals surface area contributed by atoms with Gasteiger partial charge in [0.2, 0.25) is 5.91 Å². The first-order valence-corrected chi connectivity index (χ1v) is 6.32. The summed E-state index contributed by atoms with van der Waals surface area (Å²) in [4.78, 5) is 24.6. The van der Waals surface area contributed by atoms with E-state index in [1.54, 1.807) is 0 Å². The van der Waals surface area contributed by atoms with Crippen molar-refractivity contribution in [2.75, 3.05) is 38.0 Å². The number of hydrogen-bond donors (Lipinski definition) is 3. The van der Waals surface area contributed by atoms with Crippen LogP contribution in [0.2, 0.25) is 0 Å². The maximum Gasteiger partial charge on any atom is 0.335 e. The van der Waals surface area contributed by atoms with Crippen molar-refractivity contribution < 1.29 is 19.1 Å². The number of amides is 1. The smallest absolute Gasteiger partial charge is 0.335 e. The molecule has 1 aliphatic heterocycles. The maximum absolute atomic E-state index is 13.5. The van der Waals surface area contributed by atoms with Gasteiger partial charge in [-0.1, -0.05) is 0 Å². The lowest BCUT2D eigenvalue weighted by molar-refractivity contribution is -0.117. The van der Waals surface area contributed by atoms with Gasteiger partial charge in [-0.25, -0.2) is 9.18 Å². The topological polar surface area (TPSA) is 81.7 Å². The summed E-state index contributed by atoms with van der Waals surface area (Å²) in [5.41, 5.74) is -0.172. The largest absolute Gasteiger partial charge is 0.478 e. The molecule has 0 atom stereocenters. The number of carbonyl (C=O) groups excluding carboxylic acids is 1. The van der Waals surface area contributed by atoms with Crippen molar-refractivity contribution in [1.29, 1.82) is 0 Å². The monoisotopic (exact) mass is 281 g/mol. The Morgan fingerprint density at radius 3 is 2.70 bits per heavy atom. The van der Waals surface area contributed by atoms with Gasteiger partial charge in [-0.3, -0.25) is 9.69 Å². The highest BCUT2D eigenvalue weighted by Gasteiger charge is 2.15. The molecule has 0 bridgehead atoms. The quantitative estimate of drug-likeness (QED) is 0.743. The number of halogens is 1. The molecular formula is C13H16FN3O3. The Morgan fingerprint density at radius 2 is 2.05 bits per heavy atom. The van der Waals surface area contributed by atoms with Crippen LogP contribution in [0.1, 0.15) is 10.4 Å². The zero-order chi connectivity index (χ0) is 14.5. The van der Waals surface area contributed by atoms with Gasteiger partial charge in [0.25, 0.3) is 0 Å². The fourth-order valence-corrected chi connectivity index (χ4v) is 2.02. The maximum atomic E-state index is 13.5. The van der Waals surface area contributed by atoms with Crippen molar-refractivity contribution in [3.05, 3.63) is 29.6 Å². The van der Waals surface area contributed by atoms with Crippen LogP contribution in [-0.4, -0.2) is 54.6 Å². The first-order chi connectivity index (χ1) is 9.56. The lowest BCUT2D eigenvalue weighted by atomic mass is 10.2. The molecule has 108 valence electrons. The summed E-state index contributed by atoms with van der Waals surface area (Å²) < 4.78 is 13.5. The van der Waals surface area contributed by atoms with Gasteiger partial charge in [0.1, 0.15) is 5.82 Å². The Bertz CT molecular complexity index is 516. The van der Waals surface area contributed by atoms with Crippen LogP contribution in [0.25, 0.3) is 0 Å². The summed E-state index contributed by atoms with van der Waals surface area (Å²) in [6.45, 7) is 3.31. The number of hydrogen-bond acceptors (Lipinski definition) is 4. The Labute approximate surface area is 115 Å². The predicted molar refractivity (Wildman–Crippen MR) is 71.3 cm³/mol. The fourth-order valence-electron chi connectivity index (χ4n) is 2.02. The molecule has 0 unspecified atom stereocenters. The number of rotatable bonds is 4. The summed E-state index contributed by atoms with van der Waals surface area (Å²) in [6.07, 6.45) is 0. The van der Waals surface area contributed by atoms with Crippen molar-refractivity contribution in [2.24, 2.45) is 0 Å². The van der Waals surface area contributed by atoms with Gasteiger partial charge in [0.15, 0.2) is 0 Å². The third kappa shape index (κ3) is 3.75. The van der Waals surface area contributed by atoms with Gasteiger partial charge in [-0.15, -0.1) is 0 Å². The highest BCUT2D eigenvalue weighted by Crippen LogP contribution is 2.16. The summed E-state index contributed by atoms with van der Waals surface area (Å²) in [7, 11) is 0. The molecule has 20 heavy (non-hydrogen) atoms. The van der Waals surface area contributed by atoms with Crippen molar-refractivity contribution in [3.63, 3.8) is 0 Å². The molecule has 1 saturated heterocycles. The van der Waals surface area contributed by atoms with Gasteiger partial charge in [0.05, 0.1) is 17.8 Å². The van der Waals surface area contributed by atoms with E-state index in [0.29, 0.717) is 0 Å². The molecule has 1 aromatic rings. The molecule has 0 spiro atoms. The summed E-state index contributed by atoms with van der Waals surface area (Å²) in [5, 5.41) is 14.4. The summed E-state index contributed by atoms with van der Waals surface area (Å²) in [5.74, 6) is -2.17. The molecule has 2 rings (SSSR count). The lowest BCUT2D eigenvalue weighted by Crippen LogP contribution is -2.46. The van der Waals surface area contributed by atoms with E-state index in [4.69, 9.17) is 5.11 Å². The molecule has 6 nitrogen and oxygen atoms in total. The number of nitrogens with one attached hydrogen (secondary N) is 2. The molecular weight excluding hydrogens is 265 g/mol. The summed E-state index contributed by atoms with van der Waals surface area (Å²) in [6, 6.07) is 3.31. The Kier molecular flexibility index (Phi) is 4.65. The number of carbonyl (C=O) groups is 2. The zero-order valence-corrected chi connectivity index (χ0v) is 10.9. The van der Waals surface area contributed by atoms with E-state index >= 15 is 0 Å². The molecule has 0 aliphatic carbocycles. The van der Waals surface area contributed by atoms with Crippen LogP contribution in [-0.2, 0) is 4.79 Å². The third-order valence-corrected chi connectivity index (χ3v) is 3.06. The minimum Gasteiger partial charge on any atom is -0.478 e. The first kappa shape index (κ1) is 14.4. The average Bonchev–Trinajstić information content (AvgIpc) is 2.42. The summed E-state index contributed by atoms with van der Waals surface area (Å²) >= 11 is 0. The van der Waals surface area contributed by atoms with Crippen LogP contribution in [0.3, 0.4) is 0 Å². The van der Waals surface area contributed by atoms with Gasteiger partial charge < -0.3 is 15.7 Å². The van der Waals surface area contributed by atoms with Crippen molar-refractivity contribution in [2.45, 2.75) is 0 Å². The Morgan fingerprint density at radius 1 is 1.35 bits per heavy atom. The van der Waals surface area contributed by atoms with E-state index in [2.05, 4.69) is 10.6 Å².